The number of rotatable bonds is 1. The normalized spacial score (nSPS) is 10.9. The SMILES string of the molecule is Cc1cc(-c2ccccc2)nc2scc(N)c12. The van der Waals surface area contributed by atoms with Crippen molar-refractivity contribution in [2.75, 3.05) is 5.73 Å². The Kier molecular flexibility index (Phi) is 2.34. The van der Waals surface area contributed by atoms with Gasteiger partial charge in [-0.05, 0) is 18.6 Å². The second-order valence-corrected chi connectivity index (χ2v) is 4.92. The zero-order valence-electron chi connectivity index (χ0n) is 9.47. The van der Waals surface area contributed by atoms with Crippen LogP contribution in [0.4, 0.5) is 5.69 Å². The molecule has 3 rings (SSSR count). The topological polar surface area (TPSA) is 38.9 Å². The maximum Gasteiger partial charge on any atom is 0.126 e. The Hall–Kier alpha value is -1.87. The number of nitrogen functional groups attached to an aromatic ring is 1. The summed E-state index contributed by atoms with van der Waals surface area (Å²) in [6, 6.07) is 12.3. The van der Waals surface area contributed by atoms with E-state index in [0.29, 0.717) is 0 Å². The zero-order valence-corrected chi connectivity index (χ0v) is 10.3. The third kappa shape index (κ3) is 1.68. The van der Waals surface area contributed by atoms with Gasteiger partial charge in [0.15, 0.2) is 0 Å². The molecule has 2 N–H and O–H groups in total. The first-order chi connectivity index (χ1) is 8.25. The smallest absolute Gasteiger partial charge is 0.126 e. The van der Waals surface area contributed by atoms with Crippen molar-refractivity contribution < 1.29 is 0 Å². The van der Waals surface area contributed by atoms with Crippen LogP contribution in [0, 0.1) is 6.92 Å². The Morgan fingerprint density at radius 2 is 1.94 bits per heavy atom. The standard InChI is InChI=1S/C14H12N2S/c1-9-7-12(10-5-3-2-4-6-10)16-14-13(9)11(15)8-17-14/h2-8H,15H2,1H3. The van der Waals surface area contributed by atoms with Gasteiger partial charge in [-0.1, -0.05) is 30.3 Å². The lowest BCUT2D eigenvalue weighted by Gasteiger charge is -2.04. The summed E-state index contributed by atoms with van der Waals surface area (Å²) in [5.41, 5.74) is 10.1. The molecule has 2 heterocycles. The van der Waals surface area contributed by atoms with Gasteiger partial charge in [-0.3, -0.25) is 0 Å². The van der Waals surface area contributed by atoms with E-state index in [4.69, 9.17) is 5.73 Å². The molecule has 0 radical (unpaired) electrons. The maximum atomic E-state index is 5.94. The first-order valence-corrected chi connectivity index (χ1v) is 6.33. The molecule has 0 spiro atoms. The van der Waals surface area contributed by atoms with Gasteiger partial charge in [-0.15, -0.1) is 11.3 Å². The van der Waals surface area contributed by atoms with Gasteiger partial charge in [-0.2, -0.15) is 0 Å². The van der Waals surface area contributed by atoms with Crippen LogP contribution in [-0.2, 0) is 0 Å². The molecule has 0 fully saturated rings. The number of aryl methyl sites for hydroxylation is 1. The van der Waals surface area contributed by atoms with E-state index in [1.165, 1.54) is 5.56 Å². The number of aromatic nitrogens is 1. The van der Waals surface area contributed by atoms with E-state index < -0.39 is 0 Å². The van der Waals surface area contributed by atoms with Crippen LogP contribution in [0.2, 0.25) is 0 Å². The number of hydrogen-bond donors (Lipinski definition) is 1. The lowest BCUT2D eigenvalue weighted by atomic mass is 10.1. The molecule has 0 aliphatic rings. The van der Waals surface area contributed by atoms with Crippen molar-refractivity contribution in [2.24, 2.45) is 0 Å². The van der Waals surface area contributed by atoms with Crippen molar-refractivity contribution >= 4 is 27.2 Å². The number of nitrogens with zero attached hydrogens (tertiary/aromatic N) is 1. The molecule has 1 aromatic carbocycles. The molecule has 17 heavy (non-hydrogen) atoms. The molecule has 0 atom stereocenters. The van der Waals surface area contributed by atoms with Crippen LogP contribution < -0.4 is 5.73 Å². The van der Waals surface area contributed by atoms with Crippen molar-refractivity contribution in [3.63, 3.8) is 0 Å². The Bertz CT molecular complexity index is 671. The van der Waals surface area contributed by atoms with Crippen LogP contribution in [0.1, 0.15) is 5.56 Å². The zero-order chi connectivity index (χ0) is 11.8. The first kappa shape index (κ1) is 10.3. The number of benzene rings is 1. The molecule has 0 amide bonds. The molecule has 2 nitrogen and oxygen atoms in total. The molecule has 0 aliphatic heterocycles. The molecule has 0 saturated heterocycles. The summed E-state index contributed by atoms with van der Waals surface area (Å²) in [5.74, 6) is 0. The van der Waals surface area contributed by atoms with E-state index in [1.54, 1.807) is 11.3 Å². The van der Waals surface area contributed by atoms with Crippen LogP contribution in [0.5, 0.6) is 0 Å². The summed E-state index contributed by atoms with van der Waals surface area (Å²) in [6.07, 6.45) is 0. The lowest BCUT2D eigenvalue weighted by molar-refractivity contribution is 1.38. The fourth-order valence-electron chi connectivity index (χ4n) is 2.01. The molecule has 0 unspecified atom stereocenters. The van der Waals surface area contributed by atoms with Gasteiger partial charge in [-0.25, -0.2) is 4.98 Å². The first-order valence-electron chi connectivity index (χ1n) is 5.45. The molecule has 0 aliphatic carbocycles. The van der Waals surface area contributed by atoms with E-state index in [9.17, 15) is 0 Å². The van der Waals surface area contributed by atoms with Crippen LogP contribution in [0.25, 0.3) is 21.5 Å². The molecule has 3 aromatic rings. The van der Waals surface area contributed by atoms with Gasteiger partial charge in [0.1, 0.15) is 4.83 Å². The predicted molar refractivity (Wildman–Crippen MR) is 74.2 cm³/mol. The maximum absolute atomic E-state index is 5.94. The Balaban J connectivity index is 2.26. The number of nitrogens with two attached hydrogens (primary N) is 1. The Morgan fingerprint density at radius 3 is 2.71 bits per heavy atom. The minimum Gasteiger partial charge on any atom is -0.397 e. The van der Waals surface area contributed by atoms with Gasteiger partial charge in [0.05, 0.1) is 11.4 Å². The van der Waals surface area contributed by atoms with Gasteiger partial charge >= 0.3 is 0 Å². The third-order valence-electron chi connectivity index (χ3n) is 2.84. The summed E-state index contributed by atoms with van der Waals surface area (Å²) in [5, 5.41) is 3.05. The van der Waals surface area contributed by atoms with Gasteiger partial charge in [0.25, 0.3) is 0 Å². The summed E-state index contributed by atoms with van der Waals surface area (Å²) >= 11 is 1.60. The largest absolute Gasteiger partial charge is 0.397 e. The van der Waals surface area contributed by atoms with Crippen LogP contribution in [0.3, 0.4) is 0 Å². The highest BCUT2D eigenvalue weighted by molar-refractivity contribution is 7.17. The fraction of sp³-hybridized carbons (Fsp3) is 0.0714. The molecule has 0 bridgehead atoms. The van der Waals surface area contributed by atoms with Crippen molar-refractivity contribution in [3.05, 3.63) is 47.3 Å². The summed E-state index contributed by atoms with van der Waals surface area (Å²) in [6.45, 7) is 2.08. The Morgan fingerprint density at radius 1 is 1.18 bits per heavy atom. The minimum absolute atomic E-state index is 0.828. The van der Waals surface area contributed by atoms with E-state index in [1.807, 2.05) is 23.6 Å². The number of thiophene rings is 1. The molecular formula is C14H12N2S. The van der Waals surface area contributed by atoms with Crippen molar-refractivity contribution in [1.82, 2.24) is 4.98 Å². The van der Waals surface area contributed by atoms with Crippen molar-refractivity contribution in [1.29, 1.82) is 0 Å². The molecule has 3 heteroatoms. The van der Waals surface area contributed by atoms with Gasteiger partial charge in [0.2, 0.25) is 0 Å². The molecule has 0 saturated carbocycles. The highest BCUT2D eigenvalue weighted by Gasteiger charge is 2.08. The number of pyridine rings is 1. The van der Waals surface area contributed by atoms with Crippen molar-refractivity contribution in [2.45, 2.75) is 6.92 Å². The highest BCUT2D eigenvalue weighted by Crippen LogP contribution is 2.32. The second kappa shape index (κ2) is 3.86. The average molecular weight is 240 g/mol. The van der Waals surface area contributed by atoms with Crippen LogP contribution in [-0.4, -0.2) is 4.98 Å². The molecule has 84 valence electrons. The monoisotopic (exact) mass is 240 g/mol. The predicted octanol–water partition coefficient (Wildman–Crippen LogP) is 3.85. The number of hydrogen-bond acceptors (Lipinski definition) is 3. The van der Waals surface area contributed by atoms with E-state index in [0.717, 1.165) is 27.2 Å². The second-order valence-electron chi connectivity index (χ2n) is 4.06. The molecule has 2 aromatic heterocycles. The fourth-order valence-corrected chi connectivity index (χ4v) is 2.92. The average Bonchev–Trinajstić information content (AvgIpc) is 2.73. The van der Waals surface area contributed by atoms with Gasteiger partial charge in [0, 0.05) is 16.3 Å². The quantitative estimate of drug-likeness (QED) is 0.701. The van der Waals surface area contributed by atoms with E-state index >= 15 is 0 Å². The third-order valence-corrected chi connectivity index (χ3v) is 3.73. The summed E-state index contributed by atoms with van der Waals surface area (Å²) in [7, 11) is 0. The number of fused-ring (bicyclic) bond motifs is 1. The minimum atomic E-state index is 0.828. The van der Waals surface area contributed by atoms with E-state index in [2.05, 4.69) is 30.1 Å². The van der Waals surface area contributed by atoms with Gasteiger partial charge < -0.3 is 5.73 Å². The van der Waals surface area contributed by atoms with Crippen LogP contribution >= 0.6 is 11.3 Å². The summed E-state index contributed by atoms with van der Waals surface area (Å²) < 4.78 is 0. The highest BCUT2D eigenvalue weighted by atomic mass is 32.1. The molecular weight excluding hydrogens is 228 g/mol. The number of anilines is 1. The van der Waals surface area contributed by atoms with Crippen molar-refractivity contribution in [3.8, 4) is 11.3 Å². The summed E-state index contributed by atoms with van der Waals surface area (Å²) in [4.78, 5) is 5.68. The van der Waals surface area contributed by atoms with E-state index in [-0.39, 0.29) is 0 Å². The Labute approximate surface area is 104 Å². The van der Waals surface area contributed by atoms with Crippen LogP contribution in [0.15, 0.2) is 41.8 Å². The lowest BCUT2D eigenvalue weighted by Crippen LogP contribution is -1.88.